The molecule has 1 saturated carbocycles. The maximum absolute atomic E-state index is 11.0. The Morgan fingerprint density at radius 2 is 1.88 bits per heavy atom. The molecule has 4 heteroatoms. The zero-order valence-electron chi connectivity index (χ0n) is 10.7. The molecule has 0 heterocycles. The Balaban J connectivity index is 2.14. The van der Waals surface area contributed by atoms with Gasteiger partial charge in [-0.1, -0.05) is 13.8 Å². The van der Waals surface area contributed by atoms with E-state index in [1.54, 1.807) is 0 Å². The van der Waals surface area contributed by atoms with Crippen molar-refractivity contribution in [2.24, 2.45) is 11.8 Å². The van der Waals surface area contributed by atoms with Crippen molar-refractivity contribution in [2.75, 3.05) is 18.6 Å². The van der Waals surface area contributed by atoms with E-state index in [9.17, 15) is 8.42 Å². The number of hydrogen-bond acceptors (Lipinski definition) is 3. The van der Waals surface area contributed by atoms with Gasteiger partial charge in [0.2, 0.25) is 0 Å². The first-order valence-corrected chi connectivity index (χ1v) is 8.35. The minimum atomic E-state index is -2.76. The lowest BCUT2D eigenvalue weighted by Gasteiger charge is -2.37. The first-order chi connectivity index (χ1) is 7.38. The number of nitrogens with one attached hydrogen (secondary N) is 1. The summed E-state index contributed by atoms with van der Waals surface area (Å²) >= 11 is 0. The summed E-state index contributed by atoms with van der Waals surface area (Å²) in [4.78, 5) is 0. The summed E-state index contributed by atoms with van der Waals surface area (Å²) < 4.78 is 22.0. The molecule has 0 saturated heterocycles. The lowest BCUT2D eigenvalue weighted by molar-refractivity contribution is 0.156. The third-order valence-electron chi connectivity index (χ3n) is 3.45. The standard InChI is InChI=1S/C12H25NO2S/c1-10(2)13-9-12-7-6-11(12)5-4-8-16(3,14)15/h10-13H,4-9H2,1-3H3. The Morgan fingerprint density at radius 1 is 1.25 bits per heavy atom. The molecule has 0 aliphatic heterocycles. The number of sulfone groups is 1. The zero-order valence-corrected chi connectivity index (χ0v) is 11.5. The molecule has 0 aromatic carbocycles. The van der Waals surface area contributed by atoms with Gasteiger partial charge in [-0.25, -0.2) is 8.42 Å². The smallest absolute Gasteiger partial charge is 0.147 e. The Bertz CT molecular complexity index is 298. The van der Waals surface area contributed by atoms with Crippen molar-refractivity contribution in [1.82, 2.24) is 5.32 Å². The maximum Gasteiger partial charge on any atom is 0.147 e. The highest BCUT2D eigenvalue weighted by Gasteiger charge is 2.29. The van der Waals surface area contributed by atoms with Gasteiger partial charge < -0.3 is 5.32 Å². The molecule has 1 rings (SSSR count). The van der Waals surface area contributed by atoms with E-state index in [0.717, 1.165) is 31.2 Å². The Hall–Kier alpha value is -0.0900. The van der Waals surface area contributed by atoms with Crippen LogP contribution in [0, 0.1) is 11.8 Å². The SMILES string of the molecule is CC(C)NCC1CCC1CCCS(C)(=O)=O. The molecule has 2 unspecified atom stereocenters. The fraction of sp³-hybridized carbons (Fsp3) is 1.00. The molecule has 96 valence electrons. The fourth-order valence-corrected chi connectivity index (χ4v) is 2.97. The van der Waals surface area contributed by atoms with E-state index in [0.29, 0.717) is 11.8 Å². The van der Waals surface area contributed by atoms with Gasteiger partial charge in [0.1, 0.15) is 9.84 Å². The minimum Gasteiger partial charge on any atom is -0.314 e. The van der Waals surface area contributed by atoms with Crippen LogP contribution in [0.3, 0.4) is 0 Å². The van der Waals surface area contributed by atoms with Crippen LogP contribution in [0.25, 0.3) is 0 Å². The Labute approximate surface area is 99.9 Å². The van der Waals surface area contributed by atoms with Gasteiger partial charge in [0.15, 0.2) is 0 Å². The first kappa shape index (κ1) is 14.0. The van der Waals surface area contributed by atoms with Gasteiger partial charge in [-0.05, 0) is 44.1 Å². The van der Waals surface area contributed by atoms with Crippen molar-refractivity contribution >= 4 is 9.84 Å². The van der Waals surface area contributed by atoms with E-state index >= 15 is 0 Å². The molecule has 1 N–H and O–H groups in total. The van der Waals surface area contributed by atoms with Crippen molar-refractivity contribution in [3.8, 4) is 0 Å². The van der Waals surface area contributed by atoms with E-state index < -0.39 is 9.84 Å². The molecule has 16 heavy (non-hydrogen) atoms. The average Bonchev–Trinajstić information content (AvgIpc) is 2.08. The van der Waals surface area contributed by atoms with Crippen LogP contribution in [-0.2, 0) is 9.84 Å². The molecule has 0 radical (unpaired) electrons. The summed E-state index contributed by atoms with van der Waals surface area (Å²) in [7, 11) is -2.76. The quantitative estimate of drug-likeness (QED) is 0.746. The normalized spacial score (nSPS) is 25.8. The van der Waals surface area contributed by atoms with Crippen LogP contribution in [0.5, 0.6) is 0 Å². The third kappa shape index (κ3) is 5.30. The van der Waals surface area contributed by atoms with Gasteiger partial charge in [-0.2, -0.15) is 0 Å². The fourth-order valence-electron chi connectivity index (χ4n) is 2.28. The van der Waals surface area contributed by atoms with E-state index in [2.05, 4.69) is 19.2 Å². The summed E-state index contributed by atoms with van der Waals surface area (Å²) in [5.41, 5.74) is 0. The number of hydrogen-bond donors (Lipinski definition) is 1. The summed E-state index contributed by atoms with van der Waals surface area (Å²) in [6.07, 6.45) is 5.84. The van der Waals surface area contributed by atoms with Gasteiger partial charge >= 0.3 is 0 Å². The number of rotatable bonds is 7. The van der Waals surface area contributed by atoms with Crippen molar-refractivity contribution < 1.29 is 8.42 Å². The van der Waals surface area contributed by atoms with Crippen LogP contribution in [0.1, 0.15) is 39.5 Å². The largest absolute Gasteiger partial charge is 0.314 e. The topological polar surface area (TPSA) is 46.2 Å². The highest BCUT2D eigenvalue weighted by Crippen LogP contribution is 2.37. The molecular weight excluding hydrogens is 222 g/mol. The predicted molar refractivity (Wildman–Crippen MR) is 68.3 cm³/mol. The van der Waals surface area contributed by atoms with Gasteiger partial charge in [0.25, 0.3) is 0 Å². The molecule has 1 fully saturated rings. The van der Waals surface area contributed by atoms with E-state index in [4.69, 9.17) is 0 Å². The van der Waals surface area contributed by atoms with Crippen LogP contribution in [0.4, 0.5) is 0 Å². The van der Waals surface area contributed by atoms with Crippen molar-refractivity contribution in [3.63, 3.8) is 0 Å². The van der Waals surface area contributed by atoms with E-state index in [1.165, 1.54) is 19.1 Å². The second kappa shape index (κ2) is 6.01. The molecule has 0 aromatic rings. The van der Waals surface area contributed by atoms with Crippen LogP contribution in [0.15, 0.2) is 0 Å². The molecular formula is C12H25NO2S. The first-order valence-electron chi connectivity index (χ1n) is 6.29. The summed E-state index contributed by atoms with van der Waals surface area (Å²) in [6.45, 7) is 5.43. The highest BCUT2D eigenvalue weighted by molar-refractivity contribution is 7.90. The van der Waals surface area contributed by atoms with Gasteiger partial charge in [-0.3, -0.25) is 0 Å². The van der Waals surface area contributed by atoms with Gasteiger partial charge in [0.05, 0.1) is 0 Å². The van der Waals surface area contributed by atoms with E-state index in [-0.39, 0.29) is 0 Å². The summed E-state index contributed by atoms with van der Waals surface area (Å²) in [5, 5.41) is 3.47. The minimum absolute atomic E-state index is 0.355. The van der Waals surface area contributed by atoms with Gasteiger partial charge in [-0.15, -0.1) is 0 Å². The molecule has 3 nitrogen and oxygen atoms in total. The highest BCUT2D eigenvalue weighted by atomic mass is 32.2. The van der Waals surface area contributed by atoms with Crippen LogP contribution >= 0.6 is 0 Å². The second-order valence-corrected chi connectivity index (χ2v) is 7.69. The third-order valence-corrected chi connectivity index (χ3v) is 4.48. The summed E-state index contributed by atoms with van der Waals surface area (Å²) in [6, 6.07) is 0.553. The summed E-state index contributed by atoms with van der Waals surface area (Å²) in [5.74, 6) is 1.89. The van der Waals surface area contributed by atoms with Crippen molar-refractivity contribution in [2.45, 2.75) is 45.6 Å². The van der Waals surface area contributed by atoms with E-state index in [1.807, 2.05) is 0 Å². The monoisotopic (exact) mass is 247 g/mol. The molecule has 0 aromatic heterocycles. The molecule has 0 amide bonds. The second-order valence-electron chi connectivity index (χ2n) is 5.43. The van der Waals surface area contributed by atoms with Crippen LogP contribution < -0.4 is 5.32 Å². The maximum atomic E-state index is 11.0. The lowest BCUT2D eigenvalue weighted by Crippen LogP contribution is -2.38. The zero-order chi connectivity index (χ0) is 12.2. The molecule has 0 spiro atoms. The lowest BCUT2D eigenvalue weighted by atomic mass is 9.71. The van der Waals surface area contributed by atoms with Crippen LogP contribution in [-0.4, -0.2) is 33.0 Å². The predicted octanol–water partition coefficient (Wildman–Crippen LogP) is 1.84. The average molecular weight is 247 g/mol. The molecule has 2 atom stereocenters. The Kier molecular flexibility index (Phi) is 5.25. The Morgan fingerprint density at radius 3 is 2.31 bits per heavy atom. The molecule has 0 bridgehead atoms. The van der Waals surface area contributed by atoms with Crippen molar-refractivity contribution in [3.05, 3.63) is 0 Å². The molecule has 1 aliphatic rings. The molecule has 1 aliphatic carbocycles. The van der Waals surface area contributed by atoms with Crippen molar-refractivity contribution in [1.29, 1.82) is 0 Å². The van der Waals surface area contributed by atoms with Gasteiger partial charge in [0, 0.05) is 18.1 Å². The van der Waals surface area contributed by atoms with Crippen LogP contribution in [0.2, 0.25) is 0 Å².